The maximum Gasteiger partial charge on any atom is 0.258 e. The van der Waals surface area contributed by atoms with Gasteiger partial charge >= 0.3 is 0 Å². The maximum absolute atomic E-state index is 13.4. The van der Waals surface area contributed by atoms with Gasteiger partial charge in [-0.25, -0.2) is 0 Å². The maximum atomic E-state index is 13.4. The average molecular weight is 418 g/mol. The molecule has 7 heteroatoms. The third-order valence-electron chi connectivity index (χ3n) is 5.72. The van der Waals surface area contributed by atoms with E-state index in [1.54, 1.807) is 6.07 Å². The van der Waals surface area contributed by atoms with Gasteiger partial charge in [-0.2, -0.15) is 0 Å². The van der Waals surface area contributed by atoms with Crippen molar-refractivity contribution in [3.8, 4) is 5.75 Å². The summed E-state index contributed by atoms with van der Waals surface area (Å²) in [7, 11) is 0. The van der Waals surface area contributed by atoms with Gasteiger partial charge in [0.2, 0.25) is 0 Å². The molecule has 2 aromatic carbocycles. The number of carbonyl (C=O) groups excluding carboxylic acids is 2. The zero-order valence-electron chi connectivity index (χ0n) is 17.9. The number of phenolic OH excluding ortho intramolecular Hbond substituents is 1. The Hall–Kier alpha value is -3.48. The topological polar surface area (TPSA) is 106 Å². The molecule has 4 rings (SSSR count). The molecule has 0 fully saturated rings. The Morgan fingerprint density at radius 3 is 2.68 bits per heavy atom. The van der Waals surface area contributed by atoms with Crippen molar-refractivity contribution in [1.29, 1.82) is 5.41 Å². The first-order valence-corrected chi connectivity index (χ1v) is 10.3. The Morgan fingerprint density at radius 1 is 1.26 bits per heavy atom. The van der Waals surface area contributed by atoms with Crippen LogP contribution in [0.15, 0.2) is 47.5 Å². The zero-order valence-corrected chi connectivity index (χ0v) is 17.9. The number of rotatable bonds is 5. The second-order valence-electron chi connectivity index (χ2n) is 8.80. The van der Waals surface area contributed by atoms with Crippen LogP contribution in [-0.4, -0.2) is 45.3 Å². The number of carbonyl (C=O) groups is 2. The van der Waals surface area contributed by atoms with Gasteiger partial charge in [0.05, 0.1) is 17.6 Å². The fourth-order valence-corrected chi connectivity index (χ4v) is 4.20. The number of benzene rings is 2. The molecular formula is C24H26N4O3. The Morgan fingerprint density at radius 2 is 2.00 bits per heavy atom. The van der Waals surface area contributed by atoms with Crippen LogP contribution in [0.3, 0.4) is 0 Å². The van der Waals surface area contributed by atoms with Crippen LogP contribution in [0.2, 0.25) is 0 Å². The van der Waals surface area contributed by atoms with Crippen LogP contribution in [0.25, 0.3) is 0 Å². The minimum Gasteiger partial charge on any atom is -0.507 e. The van der Waals surface area contributed by atoms with E-state index in [9.17, 15) is 14.7 Å². The van der Waals surface area contributed by atoms with Crippen LogP contribution in [0.4, 0.5) is 0 Å². The highest BCUT2D eigenvalue weighted by Gasteiger charge is 2.37. The summed E-state index contributed by atoms with van der Waals surface area (Å²) < 4.78 is 0. The van der Waals surface area contributed by atoms with Crippen molar-refractivity contribution >= 4 is 23.2 Å². The fraction of sp³-hybridized carbons (Fsp3) is 0.333. The van der Waals surface area contributed by atoms with Crippen molar-refractivity contribution in [2.45, 2.75) is 45.3 Å². The number of Topliss-reactive ketones (excluding diaryl/α,β-unsaturated/α-hetero) is 1. The van der Waals surface area contributed by atoms with Gasteiger partial charge in [-0.15, -0.1) is 0 Å². The molecule has 2 heterocycles. The first kappa shape index (κ1) is 20.8. The highest BCUT2D eigenvalue weighted by Crippen LogP contribution is 2.36. The van der Waals surface area contributed by atoms with Crippen LogP contribution in [0, 0.1) is 5.41 Å². The van der Waals surface area contributed by atoms with Crippen LogP contribution < -0.4 is 5.32 Å². The molecule has 1 amide bonds. The van der Waals surface area contributed by atoms with Crippen LogP contribution >= 0.6 is 0 Å². The van der Waals surface area contributed by atoms with E-state index in [2.05, 4.69) is 10.3 Å². The number of nitrogens with one attached hydrogen (secondary N) is 2. The minimum absolute atomic E-state index is 0.0861. The van der Waals surface area contributed by atoms with Crippen LogP contribution in [0.5, 0.6) is 5.75 Å². The van der Waals surface area contributed by atoms with Crippen LogP contribution in [-0.2, 0) is 11.3 Å². The van der Waals surface area contributed by atoms with Gasteiger partial charge < -0.3 is 20.7 Å². The molecular weight excluding hydrogens is 392 g/mol. The molecule has 160 valence electrons. The lowest BCUT2D eigenvalue weighted by Crippen LogP contribution is -2.40. The quantitative estimate of drug-likeness (QED) is 0.648. The molecule has 0 aromatic heterocycles. The number of phenols is 1. The molecule has 0 bridgehead atoms. The van der Waals surface area contributed by atoms with Crippen molar-refractivity contribution in [2.24, 2.45) is 4.99 Å². The molecule has 0 aliphatic carbocycles. The zero-order chi connectivity index (χ0) is 22.3. The lowest BCUT2D eigenvalue weighted by molar-refractivity contribution is -0.121. The van der Waals surface area contributed by atoms with Gasteiger partial charge in [0.15, 0.2) is 5.78 Å². The Bertz CT molecular complexity index is 1120. The summed E-state index contributed by atoms with van der Waals surface area (Å²) in [6, 6.07) is 11.4. The third kappa shape index (κ3) is 3.95. The first-order chi connectivity index (χ1) is 14.7. The molecule has 0 saturated heterocycles. The van der Waals surface area contributed by atoms with Gasteiger partial charge in [-0.3, -0.25) is 14.6 Å². The lowest BCUT2D eigenvalue weighted by Gasteiger charge is -2.24. The van der Waals surface area contributed by atoms with Crippen molar-refractivity contribution in [2.75, 3.05) is 6.54 Å². The van der Waals surface area contributed by atoms with Gasteiger partial charge in [-0.1, -0.05) is 24.3 Å². The molecule has 0 saturated carbocycles. The average Bonchev–Trinajstić information content (AvgIpc) is 3.27. The number of amides is 1. The Labute approximate surface area is 181 Å². The van der Waals surface area contributed by atoms with E-state index in [1.807, 2.05) is 38.1 Å². The summed E-state index contributed by atoms with van der Waals surface area (Å²) in [5.41, 5.74) is 2.53. The largest absolute Gasteiger partial charge is 0.507 e. The van der Waals surface area contributed by atoms with Crippen molar-refractivity contribution in [3.05, 3.63) is 64.7 Å². The van der Waals surface area contributed by atoms with E-state index >= 15 is 0 Å². The molecule has 31 heavy (non-hydrogen) atoms. The van der Waals surface area contributed by atoms with E-state index in [-0.39, 0.29) is 22.6 Å². The standard InChI is InChI=1S/C24H26N4O3/c1-14(29)22-17-7-5-4-6-16(17)12-28(22)23(31)18-10-15(8-9-20(18)30)19(25)11-21-26-13-24(2,3)27-21/h4-10,22,25,30H,11-13H2,1-3H3,(H,26,27). The van der Waals surface area contributed by atoms with Crippen molar-refractivity contribution < 1.29 is 14.7 Å². The van der Waals surface area contributed by atoms with Crippen molar-refractivity contribution in [1.82, 2.24) is 10.2 Å². The van der Waals surface area contributed by atoms with E-state index in [1.165, 1.54) is 24.0 Å². The number of hydrogen-bond acceptors (Lipinski definition) is 6. The molecule has 0 radical (unpaired) electrons. The monoisotopic (exact) mass is 418 g/mol. The number of hydrogen-bond donors (Lipinski definition) is 3. The predicted octanol–water partition coefficient (Wildman–Crippen LogP) is 3.22. The first-order valence-electron chi connectivity index (χ1n) is 10.3. The molecule has 1 atom stereocenters. The molecule has 2 aliphatic rings. The minimum atomic E-state index is -0.675. The summed E-state index contributed by atoms with van der Waals surface area (Å²) in [6.07, 6.45) is 0.313. The number of amidine groups is 1. The number of aliphatic imine (C=N–C) groups is 1. The highest BCUT2D eigenvalue weighted by molar-refractivity contribution is 6.12. The summed E-state index contributed by atoms with van der Waals surface area (Å²) in [6.45, 7) is 6.51. The Balaban J connectivity index is 1.59. The molecule has 2 aliphatic heterocycles. The van der Waals surface area contributed by atoms with Gasteiger partial charge in [0.1, 0.15) is 17.6 Å². The normalized spacial score (nSPS) is 18.9. The van der Waals surface area contributed by atoms with Crippen molar-refractivity contribution in [3.63, 3.8) is 0 Å². The smallest absolute Gasteiger partial charge is 0.258 e. The number of fused-ring (bicyclic) bond motifs is 1. The molecule has 2 aromatic rings. The SMILES string of the molecule is CC(=O)C1c2ccccc2CN1C(=O)c1cc(C(=N)CC2=NCC(C)(C)N2)ccc1O. The molecule has 7 nitrogen and oxygen atoms in total. The van der Waals surface area contributed by atoms with Gasteiger partial charge in [-0.05, 0) is 55.7 Å². The summed E-state index contributed by atoms with van der Waals surface area (Å²) in [5, 5.41) is 22.2. The van der Waals surface area contributed by atoms with E-state index in [4.69, 9.17) is 5.41 Å². The molecule has 3 N–H and O–H groups in total. The number of aromatic hydroxyl groups is 1. The van der Waals surface area contributed by atoms with E-state index in [0.717, 1.165) is 17.0 Å². The summed E-state index contributed by atoms with van der Waals surface area (Å²) >= 11 is 0. The fourth-order valence-electron chi connectivity index (χ4n) is 4.20. The number of ketones is 1. The second-order valence-corrected chi connectivity index (χ2v) is 8.80. The Kier molecular flexibility index (Phi) is 5.13. The predicted molar refractivity (Wildman–Crippen MR) is 119 cm³/mol. The molecule has 1 unspecified atom stereocenters. The summed E-state index contributed by atoms with van der Waals surface area (Å²) in [4.78, 5) is 31.6. The third-order valence-corrected chi connectivity index (χ3v) is 5.72. The van der Waals surface area contributed by atoms with Gasteiger partial charge in [0.25, 0.3) is 5.91 Å². The van der Waals surface area contributed by atoms with E-state index in [0.29, 0.717) is 30.8 Å². The highest BCUT2D eigenvalue weighted by atomic mass is 16.3. The summed E-state index contributed by atoms with van der Waals surface area (Å²) in [5.74, 6) is 0.00972. The van der Waals surface area contributed by atoms with Gasteiger partial charge in [0, 0.05) is 18.7 Å². The van der Waals surface area contributed by atoms with Crippen LogP contribution in [0.1, 0.15) is 60.3 Å². The lowest BCUT2D eigenvalue weighted by atomic mass is 10.0. The van der Waals surface area contributed by atoms with E-state index < -0.39 is 11.9 Å². The molecule has 0 spiro atoms. The number of nitrogens with zero attached hydrogens (tertiary/aromatic N) is 2. The second kappa shape index (κ2) is 7.65.